The zero-order valence-corrected chi connectivity index (χ0v) is 12.7. The number of fused-ring (bicyclic) bond motifs is 1. The van der Waals surface area contributed by atoms with Gasteiger partial charge in [-0.25, -0.2) is 4.39 Å². The Balaban J connectivity index is 1.77. The average molecular weight is 314 g/mol. The zero-order valence-electron chi connectivity index (χ0n) is 12.7. The second kappa shape index (κ2) is 6.04. The third-order valence-corrected chi connectivity index (χ3v) is 3.55. The van der Waals surface area contributed by atoms with Gasteiger partial charge in [0.1, 0.15) is 11.0 Å². The van der Waals surface area contributed by atoms with E-state index in [1.807, 2.05) is 0 Å². The molecule has 3 aromatic rings. The fraction of sp³-hybridized carbons (Fsp3) is 0.188. The second-order valence-electron chi connectivity index (χ2n) is 5.16. The standard InChI is InChI=1S/C16H15FN4O2/c1-21(9-10-3-6-15(23-2)12(17)7-10)16(22)11-4-5-13-14(8-11)19-20-18-13/h3-8H,9H2,1-2H3,(H,18,19,20). The maximum atomic E-state index is 13.7. The number of benzene rings is 2. The number of carbonyl (C=O) groups is 1. The Kier molecular flexibility index (Phi) is 3.92. The quantitative estimate of drug-likeness (QED) is 0.802. The van der Waals surface area contributed by atoms with Gasteiger partial charge in [0, 0.05) is 19.2 Å². The van der Waals surface area contributed by atoms with Crippen LogP contribution in [-0.4, -0.2) is 40.4 Å². The summed E-state index contributed by atoms with van der Waals surface area (Å²) in [6, 6.07) is 9.73. The van der Waals surface area contributed by atoms with E-state index in [0.717, 1.165) is 0 Å². The number of hydrogen-bond donors (Lipinski definition) is 1. The highest BCUT2D eigenvalue weighted by atomic mass is 19.1. The number of halogens is 1. The number of amides is 1. The molecule has 0 saturated carbocycles. The molecule has 1 amide bonds. The van der Waals surface area contributed by atoms with Crippen LogP contribution in [0.2, 0.25) is 0 Å². The lowest BCUT2D eigenvalue weighted by atomic mass is 10.1. The summed E-state index contributed by atoms with van der Waals surface area (Å²) >= 11 is 0. The topological polar surface area (TPSA) is 71.1 Å². The zero-order chi connectivity index (χ0) is 16.4. The molecule has 0 aliphatic rings. The van der Waals surface area contributed by atoms with Crippen molar-refractivity contribution in [2.45, 2.75) is 6.54 Å². The number of hydrogen-bond acceptors (Lipinski definition) is 4. The average Bonchev–Trinajstić information content (AvgIpc) is 3.01. The van der Waals surface area contributed by atoms with Crippen LogP contribution in [-0.2, 0) is 6.54 Å². The van der Waals surface area contributed by atoms with E-state index in [4.69, 9.17) is 4.74 Å². The van der Waals surface area contributed by atoms with E-state index < -0.39 is 5.82 Å². The van der Waals surface area contributed by atoms with Gasteiger partial charge in [-0.1, -0.05) is 6.07 Å². The van der Waals surface area contributed by atoms with Crippen molar-refractivity contribution in [1.29, 1.82) is 0 Å². The van der Waals surface area contributed by atoms with Crippen LogP contribution >= 0.6 is 0 Å². The molecule has 0 fully saturated rings. The third kappa shape index (κ3) is 2.98. The number of carbonyl (C=O) groups excluding carboxylic acids is 1. The molecule has 0 atom stereocenters. The second-order valence-corrected chi connectivity index (χ2v) is 5.16. The molecule has 7 heteroatoms. The number of ether oxygens (including phenoxy) is 1. The first-order valence-corrected chi connectivity index (χ1v) is 6.97. The van der Waals surface area contributed by atoms with Crippen molar-refractivity contribution in [3.63, 3.8) is 0 Å². The minimum Gasteiger partial charge on any atom is -0.494 e. The Labute approximate surface area is 131 Å². The maximum absolute atomic E-state index is 13.7. The summed E-state index contributed by atoms with van der Waals surface area (Å²) in [5, 5.41) is 10.4. The molecule has 0 aliphatic heterocycles. The summed E-state index contributed by atoms with van der Waals surface area (Å²) in [6.07, 6.45) is 0. The molecular formula is C16H15FN4O2. The Morgan fingerprint density at radius 3 is 2.74 bits per heavy atom. The van der Waals surface area contributed by atoms with E-state index in [-0.39, 0.29) is 18.2 Å². The smallest absolute Gasteiger partial charge is 0.253 e. The maximum Gasteiger partial charge on any atom is 0.253 e. The van der Waals surface area contributed by atoms with E-state index in [9.17, 15) is 9.18 Å². The molecule has 23 heavy (non-hydrogen) atoms. The van der Waals surface area contributed by atoms with Crippen LogP contribution in [0.1, 0.15) is 15.9 Å². The molecule has 2 aromatic carbocycles. The van der Waals surface area contributed by atoms with Gasteiger partial charge in [-0.3, -0.25) is 4.79 Å². The molecule has 0 unspecified atom stereocenters. The van der Waals surface area contributed by atoms with Crippen molar-refractivity contribution >= 4 is 16.9 Å². The van der Waals surface area contributed by atoms with Crippen LogP contribution in [0.5, 0.6) is 5.75 Å². The summed E-state index contributed by atoms with van der Waals surface area (Å²) in [6.45, 7) is 0.288. The molecule has 3 rings (SSSR count). The Morgan fingerprint density at radius 2 is 2.00 bits per heavy atom. The van der Waals surface area contributed by atoms with Gasteiger partial charge in [-0.05, 0) is 35.9 Å². The third-order valence-electron chi connectivity index (χ3n) is 3.55. The van der Waals surface area contributed by atoms with Gasteiger partial charge in [0.15, 0.2) is 11.6 Å². The molecule has 0 spiro atoms. The van der Waals surface area contributed by atoms with Crippen LogP contribution in [0.4, 0.5) is 4.39 Å². The highest BCUT2D eigenvalue weighted by Gasteiger charge is 2.14. The van der Waals surface area contributed by atoms with Crippen molar-refractivity contribution in [3.8, 4) is 5.75 Å². The first-order chi connectivity index (χ1) is 11.1. The molecule has 0 bridgehead atoms. The predicted molar refractivity (Wildman–Crippen MR) is 82.6 cm³/mol. The van der Waals surface area contributed by atoms with Gasteiger partial charge in [0.05, 0.1) is 7.11 Å². The van der Waals surface area contributed by atoms with Gasteiger partial charge in [-0.15, -0.1) is 0 Å². The van der Waals surface area contributed by atoms with Crippen molar-refractivity contribution in [2.24, 2.45) is 0 Å². The van der Waals surface area contributed by atoms with Crippen LogP contribution in [0.15, 0.2) is 36.4 Å². The highest BCUT2D eigenvalue weighted by molar-refractivity contribution is 5.97. The van der Waals surface area contributed by atoms with E-state index in [1.54, 1.807) is 37.4 Å². The first kappa shape index (κ1) is 15.0. The predicted octanol–water partition coefficient (Wildman–Crippen LogP) is 2.38. The minimum atomic E-state index is -0.449. The number of aromatic nitrogens is 3. The van der Waals surface area contributed by atoms with Crippen LogP contribution in [0.25, 0.3) is 11.0 Å². The molecule has 0 saturated heterocycles. The van der Waals surface area contributed by atoms with E-state index in [1.165, 1.54) is 18.1 Å². The number of rotatable bonds is 4. The monoisotopic (exact) mass is 314 g/mol. The van der Waals surface area contributed by atoms with Crippen LogP contribution < -0.4 is 4.74 Å². The number of H-pyrrole nitrogens is 1. The number of aromatic amines is 1. The molecule has 0 aliphatic carbocycles. The Bertz CT molecular complexity index is 862. The lowest BCUT2D eigenvalue weighted by molar-refractivity contribution is 0.0785. The summed E-state index contributed by atoms with van der Waals surface area (Å²) in [5.41, 5.74) is 2.51. The summed E-state index contributed by atoms with van der Waals surface area (Å²) in [4.78, 5) is 14.0. The number of nitrogens with zero attached hydrogens (tertiary/aromatic N) is 3. The van der Waals surface area contributed by atoms with E-state index >= 15 is 0 Å². The van der Waals surface area contributed by atoms with Crippen LogP contribution in [0, 0.1) is 5.82 Å². The molecular weight excluding hydrogens is 299 g/mol. The fourth-order valence-corrected chi connectivity index (χ4v) is 2.35. The molecule has 118 valence electrons. The van der Waals surface area contributed by atoms with Gasteiger partial charge >= 0.3 is 0 Å². The number of nitrogens with one attached hydrogen (secondary N) is 1. The van der Waals surface area contributed by atoms with Gasteiger partial charge in [0.2, 0.25) is 0 Å². The molecule has 1 aromatic heterocycles. The Morgan fingerprint density at radius 1 is 1.22 bits per heavy atom. The van der Waals surface area contributed by atoms with Gasteiger partial charge in [-0.2, -0.15) is 15.4 Å². The lowest BCUT2D eigenvalue weighted by Gasteiger charge is -2.17. The van der Waals surface area contributed by atoms with E-state index in [2.05, 4.69) is 15.4 Å². The molecule has 1 N–H and O–H groups in total. The minimum absolute atomic E-state index is 0.175. The van der Waals surface area contributed by atoms with Crippen molar-refractivity contribution in [3.05, 3.63) is 53.3 Å². The fourth-order valence-electron chi connectivity index (χ4n) is 2.35. The summed E-state index contributed by atoms with van der Waals surface area (Å²) in [7, 11) is 3.07. The summed E-state index contributed by atoms with van der Waals surface area (Å²) < 4.78 is 18.6. The highest BCUT2D eigenvalue weighted by Crippen LogP contribution is 2.19. The summed E-state index contributed by atoms with van der Waals surface area (Å²) in [5.74, 6) is -0.444. The van der Waals surface area contributed by atoms with E-state index in [0.29, 0.717) is 22.2 Å². The molecule has 6 nitrogen and oxygen atoms in total. The lowest BCUT2D eigenvalue weighted by Crippen LogP contribution is -2.26. The van der Waals surface area contributed by atoms with Crippen molar-refractivity contribution in [1.82, 2.24) is 20.3 Å². The Hall–Kier alpha value is -2.96. The van der Waals surface area contributed by atoms with Crippen LogP contribution in [0.3, 0.4) is 0 Å². The number of methoxy groups -OCH3 is 1. The largest absolute Gasteiger partial charge is 0.494 e. The molecule has 0 radical (unpaired) electrons. The van der Waals surface area contributed by atoms with Gasteiger partial charge < -0.3 is 9.64 Å². The van der Waals surface area contributed by atoms with Crippen molar-refractivity contribution in [2.75, 3.05) is 14.2 Å². The van der Waals surface area contributed by atoms with Gasteiger partial charge in [0.25, 0.3) is 5.91 Å². The van der Waals surface area contributed by atoms with Crippen molar-refractivity contribution < 1.29 is 13.9 Å². The first-order valence-electron chi connectivity index (χ1n) is 6.97. The SMILES string of the molecule is COc1ccc(CN(C)C(=O)c2ccc3n[nH]nc3c2)cc1F. The molecule has 1 heterocycles. The normalized spacial score (nSPS) is 10.7.